The number of aliphatic carboxylic acids is 1. The Morgan fingerprint density at radius 3 is 1.96 bits per heavy atom. The van der Waals surface area contributed by atoms with Gasteiger partial charge < -0.3 is 9.84 Å². The van der Waals surface area contributed by atoms with E-state index < -0.39 is 12.3 Å². The Labute approximate surface area is 142 Å². The summed E-state index contributed by atoms with van der Waals surface area (Å²) >= 11 is 0. The average Bonchev–Trinajstić information content (AvgIpc) is 2.55. The van der Waals surface area contributed by atoms with Crippen LogP contribution in [-0.4, -0.2) is 17.4 Å². The number of ether oxygens (including phenoxy) is 1. The molecule has 0 fully saturated rings. The standard InChI is InChI=1S/C19H15F3O3/c1-2-3-4-17(18(23)24)15-7-5-13(6-8-15)14-9-11-16(12-10-14)25-19(20,21)22/h2-12H,1H3,(H,23,24). The fourth-order valence-corrected chi connectivity index (χ4v) is 2.17. The molecule has 0 radical (unpaired) electrons. The predicted octanol–water partition coefficient (Wildman–Crippen LogP) is 5.30. The monoisotopic (exact) mass is 348 g/mol. The molecule has 0 saturated carbocycles. The minimum Gasteiger partial charge on any atom is -0.478 e. The number of carboxylic acid groups (broad SMARTS) is 1. The third kappa shape index (κ3) is 5.24. The summed E-state index contributed by atoms with van der Waals surface area (Å²) in [6.45, 7) is 1.78. The fraction of sp³-hybridized carbons (Fsp3) is 0.105. The van der Waals surface area contributed by atoms with Crippen molar-refractivity contribution in [2.75, 3.05) is 0 Å². The van der Waals surface area contributed by atoms with E-state index in [1.807, 2.05) is 0 Å². The number of alkyl halides is 3. The summed E-state index contributed by atoms with van der Waals surface area (Å²) in [7, 11) is 0. The molecule has 0 spiro atoms. The van der Waals surface area contributed by atoms with Gasteiger partial charge in [0.15, 0.2) is 0 Å². The summed E-state index contributed by atoms with van der Waals surface area (Å²) in [5.41, 5.74) is 2.12. The zero-order chi connectivity index (χ0) is 18.4. The molecule has 3 nitrogen and oxygen atoms in total. The van der Waals surface area contributed by atoms with Crippen LogP contribution in [0.25, 0.3) is 16.7 Å². The summed E-state index contributed by atoms with van der Waals surface area (Å²) in [6.07, 6.45) is 0.134. The second-order valence-corrected chi connectivity index (χ2v) is 5.06. The molecule has 2 aromatic rings. The van der Waals surface area contributed by atoms with Gasteiger partial charge in [-0.15, -0.1) is 13.2 Å². The maximum atomic E-state index is 12.2. The molecule has 0 aliphatic carbocycles. The van der Waals surface area contributed by atoms with Crippen LogP contribution in [0.1, 0.15) is 12.5 Å². The molecule has 0 heterocycles. The van der Waals surface area contributed by atoms with E-state index in [2.05, 4.69) is 4.74 Å². The van der Waals surface area contributed by atoms with Crippen LogP contribution in [0.5, 0.6) is 5.75 Å². The van der Waals surface area contributed by atoms with Gasteiger partial charge in [-0.2, -0.15) is 0 Å². The van der Waals surface area contributed by atoms with E-state index in [1.165, 1.54) is 30.3 Å². The van der Waals surface area contributed by atoms with E-state index in [1.54, 1.807) is 43.3 Å². The average molecular weight is 348 g/mol. The van der Waals surface area contributed by atoms with Crippen LogP contribution in [0, 0.1) is 0 Å². The van der Waals surface area contributed by atoms with E-state index in [4.69, 9.17) is 0 Å². The maximum absolute atomic E-state index is 12.2. The van der Waals surface area contributed by atoms with Gasteiger partial charge in [-0.25, -0.2) is 4.79 Å². The molecule has 0 aliphatic rings. The van der Waals surface area contributed by atoms with Gasteiger partial charge in [0, 0.05) is 0 Å². The second-order valence-electron chi connectivity index (χ2n) is 5.06. The first-order chi connectivity index (χ1) is 11.8. The molecule has 2 aromatic carbocycles. The van der Waals surface area contributed by atoms with Gasteiger partial charge in [0.2, 0.25) is 0 Å². The normalized spacial score (nSPS) is 12.4. The molecule has 0 atom stereocenters. The zero-order valence-electron chi connectivity index (χ0n) is 13.2. The Bertz CT molecular complexity index is 786. The lowest BCUT2D eigenvalue weighted by Gasteiger charge is -2.10. The smallest absolute Gasteiger partial charge is 0.478 e. The Morgan fingerprint density at radius 2 is 1.52 bits per heavy atom. The highest BCUT2D eigenvalue weighted by Crippen LogP contribution is 2.27. The molecule has 6 heteroatoms. The summed E-state index contributed by atoms with van der Waals surface area (Å²) in [4.78, 5) is 11.3. The number of hydrogen-bond donors (Lipinski definition) is 1. The Morgan fingerprint density at radius 1 is 1.00 bits per heavy atom. The van der Waals surface area contributed by atoms with Crippen LogP contribution >= 0.6 is 0 Å². The van der Waals surface area contributed by atoms with Crippen molar-refractivity contribution in [1.82, 2.24) is 0 Å². The van der Waals surface area contributed by atoms with E-state index in [9.17, 15) is 23.1 Å². The summed E-state index contributed by atoms with van der Waals surface area (Å²) in [5, 5.41) is 9.26. The van der Waals surface area contributed by atoms with Crippen molar-refractivity contribution in [2.45, 2.75) is 13.3 Å². The molecule has 0 saturated heterocycles. The molecule has 0 bridgehead atoms. The number of allylic oxidation sites excluding steroid dienone is 3. The molecule has 130 valence electrons. The first kappa shape index (κ1) is 18.3. The lowest BCUT2D eigenvalue weighted by molar-refractivity contribution is -0.274. The molecule has 0 aromatic heterocycles. The van der Waals surface area contributed by atoms with Crippen molar-refractivity contribution < 1.29 is 27.8 Å². The van der Waals surface area contributed by atoms with Gasteiger partial charge in [0.05, 0.1) is 5.57 Å². The minimum atomic E-state index is -4.73. The SMILES string of the molecule is CC=CC=C(C(=O)O)c1ccc(-c2ccc(OC(F)(F)F)cc2)cc1. The molecule has 2 rings (SSSR count). The van der Waals surface area contributed by atoms with Crippen molar-refractivity contribution in [3.8, 4) is 16.9 Å². The number of rotatable bonds is 5. The lowest BCUT2D eigenvalue weighted by Crippen LogP contribution is -2.16. The molecular weight excluding hydrogens is 333 g/mol. The maximum Gasteiger partial charge on any atom is 0.573 e. The molecule has 0 amide bonds. The van der Waals surface area contributed by atoms with Crippen LogP contribution in [-0.2, 0) is 4.79 Å². The second kappa shape index (κ2) is 7.70. The molecule has 0 aliphatic heterocycles. The van der Waals surface area contributed by atoms with Crippen molar-refractivity contribution >= 4 is 11.5 Å². The van der Waals surface area contributed by atoms with Crippen molar-refractivity contribution in [1.29, 1.82) is 0 Å². The highest BCUT2D eigenvalue weighted by atomic mass is 19.4. The number of carbonyl (C=O) groups is 1. The van der Waals surface area contributed by atoms with Crippen LogP contribution in [0.2, 0.25) is 0 Å². The topological polar surface area (TPSA) is 46.5 Å². The molecular formula is C19H15F3O3. The van der Waals surface area contributed by atoms with Crippen LogP contribution < -0.4 is 4.74 Å². The molecule has 1 N–H and O–H groups in total. The van der Waals surface area contributed by atoms with Crippen LogP contribution in [0.15, 0.2) is 66.8 Å². The van der Waals surface area contributed by atoms with E-state index in [-0.39, 0.29) is 11.3 Å². The first-order valence-electron chi connectivity index (χ1n) is 7.33. The molecule has 25 heavy (non-hydrogen) atoms. The Hall–Kier alpha value is -3.02. The van der Waals surface area contributed by atoms with Crippen molar-refractivity contribution in [2.24, 2.45) is 0 Å². The van der Waals surface area contributed by atoms with Gasteiger partial charge in [0.1, 0.15) is 5.75 Å². The third-order valence-corrected chi connectivity index (χ3v) is 3.30. The van der Waals surface area contributed by atoms with E-state index >= 15 is 0 Å². The van der Waals surface area contributed by atoms with Gasteiger partial charge in [-0.3, -0.25) is 0 Å². The lowest BCUT2D eigenvalue weighted by atomic mass is 10.00. The molecule has 0 unspecified atom stereocenters. The third-order valence-electron chi connectivity index (χ3n) is 3.30. The minimum absolute atomic E-state index is 0.151. The van der Waals surface area contributed by atoms with Crippen LogP contribution in [0.4, 0.5) is 13.2 Å². The summed E-state index contributed by atoms with van der Waals surface area (Å²) in [5.74, 6) is -1.34. The van der Waals surface area contributed by atoms with Crippen LogP contribution in [0.3, 0.4) is 0 Å². The van der Waals surface area contributed by atoms with E-state index in [0.717, 1.165) is 5.56 Å². The quantitative estimate of drug-likeness (QED) is 0.589. The number of halogens is 3. The summed E-state index contributed by atoms with van der Waals surface area (Å²) in [6, 6.07) is 12.2. The largest absolute Gasteiger partial charge is 0.573 e. The number of benzene rings is 2. The number of carboxylic acids is 1. The fourth-order valence-electron chi connectivity index (χ4n) is 2.17. The van der Waals surface area contributed by atoms with Crippen molar-refractivity contribution in [3.05, 3.63) is 72.3 Å². The Balaban J connectivity index is 2.23. The van der Waals surface area contributed by atoms with Crippen molar-refractivity contribution in [3.63, 3.8) is 0 Å². The predicted molar refractivity (Wildman–Crippen MR) is 89.0 cm³/mol. The van der Waals surface area contributed by atoms with Gasteiger partial charge >= 0.3 is 12.3 Å². The summed E-state index contributed by atoms with van der Waals surface area (Å²) < 4.78 is 40.3. The van der Waals surface area contributed by atoms with Gasteiger partial charge in [-0.1, -0.05) is 48.6 Å². The first-order valence-corrected chi connectivity index (χ1v) is 7.33. The highest BCUT2D eigenvalue weighted by molar-refractivity contribution is 6.15. The Kier molecular flexibility index (Phi) is 5.64. The van der Waals surface area contributed by atoms with Gasteiger partial charge in [0.25, 0.3) is 0 Å². The highest BCUT2D eigenvalue weighted by Gasteiger charge is 2.30. The van der Waals surface area contributed by atoms with E-state index in [0.29, 0.717) is 11.1 Å². The zero-order valence-corrected chi connectivity index (χ0v) is 13.2. The van der Waals surface area contributed by atoms with Gasteiger partial charge in [-0.05, 0) is 41.8 Å². The number of hydrogen-bond acceptors (Lipinski definition) is 2.